The smallest absolute Gasteiger partial charge is 0.326 e. The van der Waals surface area contributed by atoms with Crippen LogP contribution >= 0.6 is 11.8 Å². The van der Waals surface area contributed by atoms with Crippen molar-refractivity contribution >= 4 is 82.8 Å². The van der Waals surface area contributed by atoms with Crippen LogP contribution in [0.5, 0.6) is 5.75 Å². The van der Waals surface area contributed by atoms with Gasteiger partial charge in [-0.2, -0.15) is 11.8 Å². The molecule has 486 valence electrons. The zero-order valence-electron chi connectivity index (χ0n) is 50.8. The van der Waals surface area contributed by atoms with Crippen LogP contribution in [0.15, 0.2) is 41.8 Å². The fourth-order valence-electron chi connectivity index (χ4n) is 8.72. The molecule has 9 atom stereocenters. The van der Waals surface area contributed by atoms with Crippen molar-refractivity contribution in [2.45, 2.75) is 173 Å². The van der Waals surface area contributed by atoms with E-state index in [1.54, 1.807) is 34.0 Å². The molecule has 0 bridgehead atoms. The van der Waals surface area contributed by atoms with Crippen LogP contribution < -0.4 is 76.5 Å². The zero-order chi connectivity index (χ0) is 65.3. The minimum atomic E-state index is -1.44. The van der Waals surface area contributed by atoms with E-state index in [4.69, 9.17) is 28.7 Å². The number of aromatic hydroxyl groups is 1. The summed E-state index contributed by atoms with van der Waals surface area (Å²) in [4.78, 5) is 160. The van der Waals surface area contributed by atoms with Crippen LogP contribution in [0.2, 0.25) is 0 Å². The lowest BCUT2D eigenvalue weighted by Gasteiger charge is -2.29. The van der Waals surface area contributed by atoms with Crippen molar-refractivity contribution in [3.05, 3.63) is 48.0 Å². The van der Waals surface area contributed by atoms with Gasteiger partial charge in [-0.3, -0.25) is 52.9 Å². The molecule has 0 fully saturated rings. The Balaban J connectivity index is 2.38. The number of amides is 10. The maximum atomic E-state index is 14.3. The number of nitrogens with two attached hydrogens (primary N) is 5. The number of hydrogen-bond acceptors (Lipinski definition) is 17. The van der Waals surface area contributed by atoms with Crippen molar-refractivity contribution in [1.29, 1.82) is 0 Å². The number of rotatable bonds is 42. The summed E-state index contributed by atoms with van der Waals surface area (Å²) < 4.78 is 0. The number of carbonyl (C=O) groups is 11. The predicted molar refractivity (Wildman–Crippen MR) is 326 cm³/mol. The van der Waals surface area contributed by atoms with Crippen LogP contribution in [0.25, 0.3) is 0 Å². The number of aromatic nitrogens is 2. The van der Waals surface area contributed by atoms with Crippen LogP contribution in [0.4, 0.5) is 0 Å². The lowest BCUT2D eigenvalue weighted by Crippen LogP contribution is -2.60. The summed E-state index contributed by atoms with van der Waals surface area (Å²) in [6.45, 7) is 10.1. The molecule has 0 radical (unpaired) electrons. The van der Waals surface area contributed by atoms with Crippen molar-refractivity contribution in [3.63, 3.8) is 0 Å². The number of benzene rings is 1. The van der Waals surface area contributed by atoms with Crippen molar-refractivity contribution in [1.82, 2.24) is 57.8 Å². The number of carboxylic acids is 1. The van der Waals surface area contributed by atoms with Gasteiger partial charge in [-0.25, -0.2) is 9.78 Å². The van der Waals surface area contributed by atoms with Gasteiger partial charge in [0.05, 0.1) is 18.9 Å². The quantitative estimate of drug-likeness (QED) is 0.0182. The third kappa shape index (κ3) is 29.7. The van der Waals surface area contributed by atoms with Crippen molar-refractivity contribution in [3.8, 4) is 5.75 Å². The summed E-state index contributed by atoms with van der Waals surface area (Å²) in [7, 11) is 0. The van der Waals surface area contributed by atoms with E-state index < -0.39 is 132 Å². The molecular weight excluding hydrogens is 1150 g/mol. The van der Waals surface area contributed by atoms with Gasteiger partial charge in [-0.1, -0.05) is 60.1 Å². The topological polar surface area (TPSA) is 508 Å². The van der Waals surface area contributed by atoms with Gasteiger partial charge < -0.3 is 91.7 Å². The van der Waals surface area contributed by atoms with Crippen LogP contribution in [-0.4, -0.2) is 177 Å². The number of thioether (sulfide) groups is 1. The first-order valence-corrected chi connectivity index (χ1v) is 30.4. The van der Waals surface area contributed by atoms with E-state index in [9.17, 15) is 63.0 Å². The van der Waals surface area contributed by atoms with Crippen LogP contribution in [0.3, 0.4) is 0 Å². The molecule has 0 aliphatic rings. The summed E-state index contributed by atoms with van der Waals surface area (Å²) in [5, 5.41) is 43.2. The lowest BCUT2D eigenvalue weighted by molar-refractivity contribution is -0.142. The largest absolute Gasteiger partial charge is 0.508 e. The first-order valence-electron chi connectivity index (χ1n) is 29.0. The van der Waals surface area contributed by atoms with Gasteiger partial charge >= 0.3 is 5.97 Å². The second kappa shape index (κ2) is 39.6. The number of unbranched alkanes of at least 4 members (excludes halogenated alkanes) is 1. The number of nitrogens with zero attached hydrogens (tertiary/aromatic N) is 2. The summed E-state index contributed by atoms with van der Waals surface area (Å²) in [5.74, 6) is -10.3. The summed E-state index contributed by atoms with van der Waals surface area (Å²) in [6, 6.07) is -5.90. The minimum absolute atomic E-state index is 0.00938. The number of carbonyl (C=O) groups excluding carboxylic acids is 10. The first kappa shape index (κ1) is 75.0. The Morgan fingerprint density at radius 1 is 0.609 bits per heavy atom. The molecule has 1 aromatic carbocycles. The number of H-pyrrole nitrogens is 1. The molecular formula is C56H93N17O13S. The highest BCUT2D eigenvalue weighted by Crippen LogP contribution is 2.15. The van der Waals surface area contributed by atoms with Gasteiger partial charge in [-0.15, -0.1) is 0 Å². The second-order valence-corrected chi connectivity index (χ2v) is 23.3. The van der Waals surface area contributed by atoms with Crippen molar-refractivity contribution < 1.29 is 63.0 Å². The highest BCUT2D eigenvalue weighted by atomic mass is 32.2. The molecule has 31 heteroatoms. The van der Waals surface area contributed by atoms with E-state index in [0.29, 0.717) is 42.8 Å². The van der Waals surface area contributed by atoms with E-state index in [1.165, 1.54) is 48.6 Å². The first-order chi connectivity index (χ1) is 41.0. The minimum Gasteiger partial charge on any atom is -0.508 e. The highest BCUT2D eigenvalue weighted by Gasteiger charge is 2.35. The average molecular weight is 1240 g/mol. The van der Waals surface area contributed by atoms with Crippen LogP contribution in [0.1, 0.15) is 117 Å². The number of primary amides is 1. The van der Waals surface area contributed by atoms with Crippen LogP contribution in [0, 0.1) is 17.8 Å². The second-order valence-electron chi connectivity index (χ2n) is 22.3. The summed E-state index contributed by atoms with van der Waals surface area (Å²) in [6.07, 6.45) is 5.38. The number of phenolic OH excluding ortho intramolecular Hbond substituents is 1. The average Bonchev–Trinajstić information content (AvgIpc) is 3.48. The molecule has 30 nitrogen and oxygen atoms in total. The van der Waals surface area contributed by atoms with Gasteiger partial charge in [0.1, 0.15) is 54.1 Å². The molecule has 0 aliphatic heterocycles. The fraction of sp³-hybridized carbons (Fsp3) is 0.625. The number of aliphatic carboxylic acids is 1. The number of phenols is 1. The Morgan fingerprint density at radius 2 is 1.13 bits per heavy atom. The molecule has 1 aromatic heterocycles. The predicted octanol–water partition coefficient (Wildman–Crippen LogP) is -2.74. The number of guanidine groups is 1. The standard InChI is InChI=1S/C56H93N17O13S/c1-30(2)23-40(70-47(77)36(58)11-8-9-20-57)51(81)68-38(17-18-44(59)75)48(78)71-41(24-31(3)4)52(82)67-37(12-10-21-63-56(60)61)50(80)73-46(32(5)6)54(84)64-28-45(76)66-42(25-33-13-15-35(74)16-14-33)53(83)69-39(19-22-87-7)49(79)72-43(55(85)86)26-34-27-62-29-65-34/h13-16,27,29-32,36-43,46,74H,8-12,17-26,28,57-58H2,1-7H3,(H2,59,75)(H,62,65)(H,64,84)(H,66,76)(H,67,82)(H,68,81)(H,69,83)(H,70,77)(H,71,78)(H,72,79)(H,73,80)(H,85,86)(H4,60,61,63)/t36-,37-,38-,39-,40-,41-,42-,43-,46-/m0/s1. The maximum absolute atomic E-state index is 14.3. The van der Waals surface area contributed by atoms with Gasteiger partial charge in [0, 0.05) is 37.7 Å². The molecule has 2 rings (SSSR count). The number of aromatic amines is 1. The third-order valence-corrected chi connectivity index (χ3v) is 14.1. The van der Waals surface area contributed by atoms with Gasteiger partial charge in [0.25, 0.3) is 0 Å². The molecule has 0 aliphatic carbocycles. The van der Waals surface area contributed by atoms with Crippen molar-refractivity contribution in [2.24, 2.45) is 51.4 Å². The summed E-state index contributed by atoms with van der Waals surface area (Å²) in [5.41, 5.74) is 29.1. The van der Waals surface area contributed by atoms with Gasteiger partial charge in [0.2, 0.25) is 59.1 Å². The number of imidazole rings is 1. The van der Waals surface area contributed by atoms with Crippen molar-refractivity contribution in [2.75, 3.05) is 31.6 Å². The van der Waals surface area contributed by atoms with E-state index in [0.717, 1.165) is 0 Å². The third-order valence-electron chi connectivity index (χ3n) is 13.4. The molecule has 87 heavy (non-hydrogen) atoms. The SMILES string of the molecule is CSCC[C@H](NC(=O)[C@H](Cc1ccc(O)cc1)NC(=O)CNC(=O)[C@@H](NC(=O)[C@H](CCCN=C(N)N)NC(=O)[C@H](CC(C)C)NC(=O)[C@H](CCC(N)=O)NC(=O)[C@H](CC(C)C)NC(=O)[C@@H](N)CCCCN)C(C)C)C(=O)N[C@@H](Cc1cnc[nH]1)C(=O)O. The molecule has 0 unspecified atom stereocenters. The molecule has 22 N–H and O–H groups in total. The monoisotopic (exact) mass is 1240 g/mol. The molecule has 1 heterocycles. The molecule has 0 saturated carbocycles. The van der Waals surface area contributed by atoms with Crippen LogP contribution in [-0.2, 0) is 65.6 Å². The Morgan fingerprint density at radius 3 is 1.63 bits per heavy atom. The number of hydrogen-bond donors (Lipinski definition) is 17. The Hall–Kier alpha value is -8.06. The van der Waals surface area contributed by atoms with Gasteiger partial charge in [-0.05, 0) is 105 Å². The number of nitrogens with one attached hydrogen (secondary N) is 10. The maximum Gasteiger partial charge on any atom is 0.326 e. The Bertz CT molecular complexity index is 2590. The Kier molecular flexibility index (Phi) is 34.2. The molecule has 0 saturated heterocycles. The zero-order valence-corrected chi connectivity index (χ0v) is 51.6. The molecule has 0 spiro atoms. The Labute approximate surface area is 511 Å². The summed E-state index contributed by atoms with van der Waals surface area (Å²) >= 11 is 1.37. The lowest BCUT2D eigenvalue weighted by atomic mass is 9.99. The van der Waals surface area contributed by atoms with E-state index in [-0.39, 0.29) is 87.9 Å². The normalized spacial score (nSPS) is 14.3. The number of carboxylic acid groups (broad SMARTS) is 1. The highest BCUT2D eigenvalue weighted by molar-refractivity contribution is 7.98. The fourth-order valence-corrected chi connectivity index (χ4v) is 9.19. The van der Waals surface area contributed by atoms with E-state index in [2.05, 4.69) is 62.8 Å². The molecule has 10 amide bonds. The van der Waals surface area contributed by atoms with E-state index >= 15 is 0 Å². The molecule has 2 aromatic rings. The van der Waals surface area contributed by atoms with Gasteiger partial charge in [0.15, 0.2) is 5.96 Å². The number of aliphatic imine (C=N–C) groups is 1. The van der Waals surface area contributed by atoms with E-state index in [1.807, 2.05) is 13.8 Å².